The number of hydrogen-bond donors (Lipinski definition) is 1. The third kappa shape index (κ3) is 4.08. The molecule has 102 valence electrons. The Labute approximate surface area is 111 Å². The number of carbonyl (C=O) groups excluding carboxylic acids is 1. The van der Waals surface area contributed by atoms with Gasteiger partial charge in [0.1, 0.15) is 4.88 Å². The molecule has 0 saturated carbocycles. The van der Waals surface area contributed by atoms with Crippen LogP contribution in [0.3, 0.4) is 0 Å². The standard InChI is InChI=1S/C11H17NO4S2/c1-3-4-5-6-16-11(13)9-7-10(8(2)17-9)18(12,14)15/h7H,3-6H2,1-2H3,(H2,12,14,15). The van der Waals surface area contributed by atoms with Gasteiger partial charge in [0, 0.05) is 4.88 Å². The average Bonchev–Trinajstić information content (AvgIpc) is 2.66. The van der Waals surface area contributed by atoms with Gasteiger partial charge in [-0.25, -0.2) is 18.4 Å². The molecule has 1 aromatic rings. The van der Waals surface area contributed by atoms with Gasteiger partial charge in [0.05, 0.1) is 11.5 Å². The van der Waals surface area contributed by atoms with Crippen molar-refractivity contribution in [2.75, 3.05) is 6.61 Å². The maximum absolute atomic E-state index is 11.7. The topological polar surface area (TPSA) is 86.5 Å². The minimum absolute atomic E-state index is 0.00647. The Kier molecular flexibility index (Phi) is 5.30. The summed E-state index contributed by atoms with van der Waals surface area (Å²) in [4.78, 5) is 12.4. The van der Waals surface area contributed by atoms with Crippen molar-refractivity contribution in [3.05, 3.63) is 15.8 Å². The zero-order chi connectivity index (χ0) is 13.8. The first-order valence-electron chi connectivity index (χ1n) is 5.66. The lowest BCUT2D eigenvalue weighted by atomic mass is 10.3. The van der Waals surface area contributed by atoms with Crippen molar-refractivity contribution in [2.45, 2.75) is 38.0 Å². The van der Waals surface area contributed by atoms with Gasteiger partial charge in [-0.2, -0.15) is 0 Å². The maximum Gasteiger partial charge on any atom is 0.348 e. The van der Waals surface area contributed by atoms with Gasteiger partial charge in [-0.15, -0.1) is 11.3 Å². The van der Waals surface area contributed by atoms with Crippen molar-refractivity contribution in [2.24, 2.45) is 5.14 Å². The number of esters is 1. The van der Waals surface area contributed by atoms with Crippen molar-refractivity contribution in [1.29, 1.82) is 0 Å². The summed E-state index contributed by atoms with van der Waals surface area (Å²) < 4.78 is 27.5. The number of thiophene rings is 1. The Bertz CT molecular complexity index is 519. The SMILES string of the molecule is CCCCCOC(=O)c1cc(S(N)(=O)=O)c(C)s1. The van der Waals surface area contributed by atoms with E-state index in [0.29, 0.717) is 11.5 Å². The van der Waals surface area contributed by atoms with Crippen LogP contribution in [-0.2, 0) is 14.8 Å². The molecule has 0 bridgehead atoms. The number of rotatable bonds is 6. The van der Waals surface area contributed by atoms with E-state index in [-0.39, 0.29) is 9.77 Å². The molecule has 1 heterocycles. The van der Waals surface area contributed by atoms with Crippen molar-refractivity contribution in [3.8, 4) is 0 Å². The van der Waals surface area contributed by atoms with Crippen molar-refractivity contribution in [3.63, 3.8) is 0 Å². The fourth-order valence-electron chi connectivity index (χ4n) is 1.44. The van der Waals surface area contributed by atoms with Gasteiger partial charge < -0.3 is 4.74 Å². The Morgan fingerprint density at radius 2 is 2.11 bits per heavy atom. The first-order valence-corrected chi connectivity index (χ1v) is 8.03. The molecule has 0 fully saturated rings. The average molecular weight is 291 g/mol. The second-order valence-corrected chi connectivity index (χ2v) is 6.71. The van der Waals surface area contributed by atoms with Crippen LogP contribution < -0.4 is 5.14 Å². The highest BCUT2D eigenvalue weighted by Gasteiger charge is 2.19. The molecule has 7 heteroatoms. The molecule has 1 aromatic heterocycles. The van der Waals surface area contributed by atoms with Crippen molar-refractivity contribution in [1.82, 2.24) is 0 Å². The van der Waals surface area contributed by atoms with Crippen LogP contribution in [0.5, 0.6) is 0 Å². The Morgan fingerprint density at radius 3 is 2.61 bits per heavy atom. The third-order valence-corrected chi connectivity index (χ3v) is 4.56. The summed E-state index contributed by atoms with van der Waals surface area (Å²) in [5, 5.41) is 5.04. The van der Waals surface area contributed by atoms with Gasteiger partial charge in [0.25, 0.3) is 0 Å². The summed E-state index contributed by atoms with van der Waals surface area (Å²) in [6.45, 7) is 4.02. The molecule has 0 saturated heterocycles. The quantitative estimate of drug-likeness (QED) is 0.642. The van der Waals surface area contributed by atoms with E-state index in [0.717, 1.165) is 30.6 Å². The van der Waals surface area contributed by atoms with E-state index in [2.05, 4.69) is 6.92 Å². The largest absolute Gasteiger partial charge is 0.462 e. The molecule has 0 radical (unpaired) electrons. The lowest BCUT2D eigenvalue weighted by molar-refractivity contribution is 0.0503. The molecule has 0 aliphatic carbocycles. The number of carbonyl (C=O) groups is 1. The predicted octanol–water partition coefficient (Wildman–Crippen LogP) is 2.05. The first kappa shape index (κ1) is 15.1. The van der Waals surface area contributed by atoms with Crippen LogP contribution in [0.4, 0.5) is 0 Å². The molecule has 1 rings (SSSR count). The number of ether oxygens (including phenoxy) is 1. The highest BCUT2D eigenvalue weighted by molar-refractivity contribution is 7.89. The van der Waals surface area contributed by atoms with Gasteiger partial charge in [-0.1, -0.05) is 19.8 Å². The van der Waals surface area contributed by atoms with E-state index in [4.69, 9.17) is 9.88 Å². The van der Waals surface area contributed by atoms with Crippen LogP contribution in [0, 0.1) is 6.92 Å². The minimum atomic E-state index is -3.77. The number of aryl methyl sites for hydroxylation is 1. The molecule has 5 nitrogen and oxygen atoms in total. The Morgan fingerprint density at radius 1 is 1.44 bits per heavy atom. The van der Waals surface area contributed by atoms with E-state index in [9.17, 15) is 13.2 Å². The number of nitrogens with two attached hydrogens (primary N) is 1. The number of unbranched alkanes of at least 4 members (excludes halogenated alkanes) is 2. The highest BCUT2D eigenvalue weighted by atomic mass is 32.2. The van der Waals surface area contributed by atoms with Crippen LogP contribution >= 0.6 is 11.3 Å². The fourth-order valence-corrected chi connectivity index (χ4v) is 3.48. The number of primary sulfonamides is 1. The van der Waals surface area contributed by atoms with E-state index in [1.54, 1.807) is 6.92 Å². The summed E-state index contributed by atoms with van der Waals surface area (Å²) in [5.74, 6) is -0.492. The molecule has 0 unspecified atom stereocenters. The molecule has 18 heavy (non-hydrogen) atoms. The summed E-state index contributed by atoms with van der Waals surface area (Å²) in [6.07, 6.45) is 2.86. The van der Waals surface area contributed by atoms with E-state index in [1.807, 2.05) is 0 Å². The second-order valence-electron chi connectivity index (χ2n) is 3.92. The van der Waals surface area contributed by atoms with E-state index < -0.39 is 16.0 Å². The molecule has 0 atom stereocenters. The molecular formula is C11H17NO4S2. The number of sulfonamides is 1. The van der Waals surface area contributed by atoms with E-state index >= 15 is 0 Å². The van der Waals surface area contributed by atoms with Crippen LogP contribution in [0.25, 0.3) is 0 Å². The maximum atomic E-state index is 11.7. The summed E-state index contributed by atoms with van der Waals surface area (Å²) >= 11 is 1.08. The monoisotopic (exact) mass is 291 g/mol. The summed E-state index contributed by atoms with van der Waals surface area (Å²) in [5.41, 5.74) is 0. The van der Waals surface area contributed by atoms with Gasteiger partial charge in [-0.05, 0) is 19.4 Å². The normalized spacial score (nSPS) is 11.5. The molecule has 2 N–H and O–H groups in total. The van der Waals surface area contributed by atoms with Crippen molar-refractivity contribution >= 4 is 27.3 Å². The molecule has 0 aliphatic heterocycles. The molecule has 0 spiro atoms. The zero-order valence-corrected chi connectivity index (χ0v) is 12.1. The van der Waals surface area contributed by atoms with Crippen LogP contribution in [-0.4, -0.2) is 21.0 Å². The fraction of sp³-hybridized carbons (Fsp3) is 0.545. The Balaban J connectivity index is 2.71. The number of hydrogen-bond acceptors (Lipinski definition) is 5. The van der Waals surface area contributed by atoms with Crippen LogP contribution in [0.1, 0.15) is 40.7 Å². The smallest absolute Gasteiger partial charge is 0.348 e. The van der Waals surface area contributed by atoms with Crippen LogP contribution in [0.2, 0.25) is 0 Å². The van der Waals surface area contributed by atoms with Gasteiger partial charge in [-0.3, -0.25) is 0 Å². The lowest BCUT2D eigenvalue weighted by Gasteiger charge is -2.01. The Hall–Kier alpha value is -0.920. The van der Waals surface area contributed by atoms with Crippen molar-refractivity contribution < 1.29 is 17.9 Å². The van der Waals surface area contributed by atoms with E-state index in [1.165, 1.54) is 6.07 Å². The predicted molar refractivity (Wildman–Crippen MR) is 70.2 cm³/mol. The summed E-state index contributed by atoms with van der Waals surface area (Å²) in [7, 11) is -3.77. The third-order valence-electron chi connectivity index (χ3n) is 2.36. The second kappa shape index (κ2) is 6.31. The van der Waals surface area contributed by atoms with Gasteiger partial charge in [0.2, 0.25) is 10.0 Å². The molecule has 0 aromatic carbocycles. The zero-order valence-electron chi connectivity index (χ0n) is 10.4. The van der Waals surface area contributed by atoms with Crippen LogP contribution in [0.15, 0.2) is 11.0 Å². The first-order chi connectivity index (χ1) is 8.36. The minimum Gasteiger partial charge on any atom is -0.462 e. The molecule has 0 amide bonds. The molecule has 0 aliphatic rings. The summed E-state index contributed by atoms with van der Waals surface area (Å²) in [6, 6.07) is 1.28. The highest BCUT2D eigenvalue weighted by Crippen LogP contribution is 2.25. The van der Waals surface area contributed by atoms with Gasteiger partial charge >= 0.3 is 5.97 Å². The van der Waals surface area contributed by atoms with Gasteiger partial charge in [0.15, 0.2) is 0 Å². The molecular weight excluding hydrogens is 274 g/mol. The lowest BCUT2D eigenvalue weighted by Crippen LogP contribution is -2.12.